The van der Waals surface area contributed by atoms with Gasteiger partial charge in [-0.25, -0.2) is 0 Å². The van der Waals surface area contributed by atoms with E-state index in [1.165, 1.54) is 44.9 Å². The van der Waals surface area contributed by atoms with Gasteiger partial charge in [-0.05, 0) is 38.5 Å². The van der Waals surface area contributed by atoms with Crippen LogP contribution in [0.3, 0.4) is 0 Å². The minimum atomic E-state index is -0.186. The fraction of sp³-hybridized carbons (Fsp3) is 0.750. The van der Waals surface area contributed by atoms with Crippen molar-refractivity contribution in [2.24, 2.45) is 5.73 Å². The van der Waals surface area contributed by atoms with Gasteiger partial charge in [0.05, 0.1) is 0 Å². The van der Waals surface area contributed by atoms with Gasteiger partial charge >= 0.3 is 5.97 Å². The lowest BCUT2D eigenvalue weighted by atomic mass is 10.1. The maximum Gasteiger partial charge on any atom is 0.324 e. The molecule has 0 saturated heterocycles. The van der Waals surface area contributed by atoms with Gasteiger partial charge in [0, 0.05) is 19.5 Å². The van der Waals surface area contributed by atoms with Crippen molar-refractivity contribution in [2.75, 3.05) is 13.1 Å². The van der Waals surface area contributed by atoms with Gasteiger partial charge < -0.3 is 10.6 Å². The third kappa shape index (κ3) is 18.9. The van der Waals surface area contributed by atoms with Crippen LogP contribution in [0, 0.1) is 0 Å². The van der Waals surface area contributed by atoms with Crippen LogP contribution in [-0.4, -0.2) is 19.1 Å². The monoisotopic (exact) mass is 338 g/mol. The first-order chi connectivity index (χ1) is 11.8. The first-order valence-corrected chi connectivity index (χ1v) is 9.73. The quantitative estimate of drug-likeness (QED) is 0.227. The lowest BCUT2D eigenvalue weighted by Crippen LogP contribution is -2.25. The summed E-state index contributed by atoms with van der Waals surface area (Å²) in [5, 5.41) is 0. The molecule has 0 unspecified atom stereocenters. The second kappa shape index (κ2) is 19.9. The van der Waals surface area contributed by atoms with E-state index in [1.807, 2.05) is 0 Å². The van der Waals surface area contributed by atoms with Crippen molar-refractivity contribution < 1.29 is 9.63 Å². The summed E-state index contributed by atoms with van der Waals surface area (Å²) in [6.45, 7) is 3.22. The van der Waals surface area contributed by atoms with Gasteiger partial charge in [0.15, 0.2) is 0 Å². The summed E-state index contributed by atoms with van der Waals surface area (Å²) < 4.78 is 0. The van der Waals surface area contributed by atoms with Gasteiger partial charge in [-0.3, -0.25) is 4.79 Å². The number of carbonyl (C=O) groups excluding carboxylic acids is 1. The highest BCUT2D eigenvalue weighted by atomic mass is 16.7. The fourth-order valence-electron chi connectivity index (χ4n) is 2.32. The molecule has 3 N–H and O–H groups in total. The van der Waals surface area contributed by atoms with E-state index in [9.17, 15) is 4.79 Å². The zero-order valence-corrected chi connectivity index (χ0v) is 15.6. The number of hydroxylamine groups is 1. The largest absolute Gasteiger partial charge is 0.371 e. The number of rotatable bonds is 17. The maximum absolute atomic E-state index is 11.3. The Balaban J connectivity index is 3.24. The number of unbranched alkanes of at least 4 members (excludes halogenated alkanes) is 8. The van der Waals surface area contributed by atoms with Crippen LogP contribution in [-0.2, 0) is 9.63 Å². The highest BCUT2D eigenvalue weighted by Gasteiger charge is 2.01. The Morgan fingerprint density at radius 3 is 2.21 bits per heavy atom. The van der Waals surface area contributed by atoms with Crippen LogP contribution < -0.4 is 11.2 Å². The van der Waals surface area contributed by atoms with Crippen LogP contribution >= 0.6 is 0 Å². The van der Waals surface area contributed by atoms with Crippen LogP contribution in [0.4, 0.5) is 0 Å². The first kappa shape index (κ1) is 22.9. The molecule has 140 valence electrons. The van der Waals surface area contributed by atoms with Crippen LogP contribution in [0.5, 0.6) is 0 Å². The van der Waals surface area contributed by atoms with Gasteiger partial charge in [-0.15, -0.1) is 0 Å². The summed E-state index contributed by atoms with van der Waals surface area (Å²) in [7, 11) is 0. The summed E-state index contributed by atoms with van der Waals surface area (Å²) in [6, 6.07) is 0. The number of allylic oxidation sites excluding steroid dienone is 4. The first-order valence-electron chi connectivity index (χ1n) is 9.73. The van der Waals surface area contributed by atoms with Gasteiger partial charge in [0.25, 0.3) is 0 Å². The lowest BCUT2D eigenvalue weighted by Gasteiger charge is -2.04. The van der Waals surface area contributed by atoms with Crippen LogP contribution in [0.15, 0.2) is 24.3 Å². The van der Waals surface area contributed by atoms with E-state index in [0.717, 1.165) is 25.7 Å². The van der Waals surface area contributed by atoms with Gasteiger partial charge in [0.2, 0.25) is 0 Å². The van der Waals surface area contributed by atoms with Crippen LogP contribution in [0.2, 0.25) is 0 Å². The SMILES string of the molecule is CCCCC/C=C\C/C=C\CCCCCCCC(=O)ONCCN. The molecule has 0 aliphatic carbocycles. The Kier molecular flexibility index (Phi) is 19.0. The van der Waals surface area contributed by atoms with E-state index >= 15 is 0 Å². The molecule has 0 bridgehead atoms. The van der Waals surface area contributed by atoms with E-state index in [-0.39, 0.29) is 5.97 Å². The summed E-state index contributed by atoms with van der Waals surface area (Å²) >= 11 is 0. The molecule has 0 aromatic carbocycles. The molecule has 0 atom stereocenters. The van der Waals surface area contributed by atoms with Gasteiger partial charge in [-0.2, -0.15) is 5.48 Å². The summed E-state index contributed by atoms with van der Waals surface area (Å²) in [6.07, 6.45) is 22.7. The van der Waals surface area contributed by atoms with Crippen molar-refractivity contribution in [3.63, 3.8) is 0 Å². The van der Waals surface area contributed by atoms with Crippen molar-refractivity contribution in [3.8, 4) is 0 Å². The molecule has 0 amide bonds. The second-order valence-electron chi connectivity index (χ2n) is 6.14. The van der Waals surface area contributed by atoms with Gasteiger partial charge in [-0.1, -0.05) is 63.3 Å². The molecule has 0 aliphatic heterocycles. The molecule has 4 nitrogen and oxygen atoms in total. The highest BCUT2D eigenvalue weighted by Crippen LogP contribution is 2.08. The minimum absolute atomic E-state index is 0.186. The molecule has 0 aliphatic rings. The third-order valence-electron chi connectivity index (χ3n) is 3.76. The normalized spacial score (nSPS) is 11.6. The molecule has 0 radical (unpaired) electrons. The topological polar surface area (TPSA) is 64.3 Å². The van der Waals surface area contributed by atoms with Crippen molar-refractivity contribution in [2.45, 2.75) is 84.0 Å². The van der Waals surface area contributed by atoms with E-state index in [2.05, 4.69) is 36.7 Å². The van der Waals surface area contributed by atoms with Crippen LogP contribution in [0.1, 0.15) is 84.0 Å². The van der Waals surface area contributed by atoms with Crippen molar-refractivity contribution >= 4 is 5.97 Å². The number of hydrogen-bond donors (Lipinski definition) is 2. The van der Waals surface area contributed by atoms with Crippen molar-refractivity contribution in [3.05, 3.63) is 24.3 Å². The molecule has 0 aromatic rings. The zero-order valence-electron chi connectivity index (χ0n) is 15.6. The lowest BCUT2D eigenvalue weighted by molar-refractivity contribution is -0.151. The third-order valence-corrected chi connectivity index (χ3v) is 3.76. The second-order valence-corrected chi connectivity index (χ2v) is 6.14. The van der Waals surface area contributed by atoms with E-state index in [4.69, 9.17) is 10.6 Å². The molecule has 4 heteroatoms. The van der Waals surface area contributed by atoms with Crippen molar-refractivity contribution in [1.82, 2.24) is 5.48 Å². The molecule has 24 heavy (non-hydrogen) atoms. The average Bonchev–Trinajstić information content (AvgIpc) is 2.58. The molecule has 0 spiro atoms. The average molecular weight is 339 g/mol. The number of nitrogens with two attached hydrogens (primary N) is 1. The van der Waals surface area contributed by atoms with Gasteiger partial charge in [0.1, 0.15) is 0 Å². The molecule has 0 rings (SSSR count). The van der Waals surface area contributed by atoms with Crippen molar-refractivity contribution in [1.29, 1.82) is 0 Å². The summed E-state index contributed by atoms with van der Waals surface area (Å²) in [4.78, 5) is 16.1. The predicted molar refractivity (Wildman–Crippen MR) is 103 cm³/mol. The van der Waals surface area contributed by atoms with E-state index in [1.54, 1.807) is 0 Å². The summed E-state index contributed by atoms with van der Waals surface area (Å²) in [5.74, 6) is -0.186. The summed E-state index contributed by atoms with van der Waals surface area (Å²) in [5.41, 5.74) is 7.84. The molecular weight excluding hydrogens is 300 g/mol. The smallest absolute Gasteiger partial charge is 0.324 e. The minimum Gasteiger partial charge on any atom is -0.371 e. The number of hydrogen-bond acceptors (Lipinski definition) is 4. The molecule has 0 fully saturated rings. The Bertz CT molecular complexity index is 328. The Morgan fingerprint density at radius 2 is 1.54 bits per heavy atom. The number of nitrogens with one attached hydrogen (secondary N) is 1. The molecular formula is C20H38N2O2. The molecule has 0 aromatic heterocycles. The Hall–Kier alpha value is -1.13. The predicted octanol–water partition coefficient (Wildman–Crippen LogP) is 4.81. The molecule has 0 heterocycles. The maximum atomic E-state index is 11.3. The number of carbonyl (C=O) groups is 1. The highest BCUT2D eigenvalue weighted by molar-refractivity contribution is 5.68. The van der Waals surface area contributed by atoms with Crippen LogP contribution in [0.25, 0.3) is 0 Å². The van der Waals surface area contributed by atoms with E-state index in [0.29, 0.717) is 19.5 Å². The Morgan fingerprint density at radius 1 is 0.917 bits per heavy atom. The zero-order chi connectivity index (χ0) is 17.7. The van der Waals surface area contributed by atoms with E-state index < -0.39 is 0 Å². The fourth-order valence-corrected chi connectivity index (χ4v) is 2.32. The Labute approximate surface area is 148 Å². The standard InChI is InChI=1S/C20H38N2O2/c1-2-3-4-5-6-7-8-9-10-11-12-13-14-15-16-17-20(23)24-22-19-18-21/h6-7,9-10,22H,2-5,8,11-19,21H2,1H3/b7-6-,10-9-. The molecule has 0 saturated carbocycles.